The number of benzene rings is 2. The molecule has 0 unspecified atom stereocenters. The number of carbonyl (C=O) groups excluding carboxylic acids is 1. The van der Waals surface area contributed by atoms with Crippen LogP contribution in [0.3, 0.4) is 0 Å². The summed E-state index contributed by atoms with van der Waals surface area (Å²) in [5.41, 5.74) is 4.17. The summed E-state index contributed by atoms with van der Waals surface area (Å²) in [7, 11) is 0. The second kappa shape index (κ2) is 6.90. The minimum Gasteiger partial charge on any atom is -0.329 e. The van der Waals surface area contributed by atoms with Gasteiger partial charge in [-0.25, -0.2) is 13.2 Å². The Balaban J connectivity index is 1.93. The number of amides is 1. The number of hydrogen-bond acceptors (Lipinski definition) is 2. The Morgan fingerprint density at radius 1 is 0.955 bits per heavy atom. The molecule has 0 aromatic heterocycles. The van der Waals surface area contributed by atoms with Gasteiger partial charge in [-0.2, -0.15) is 0 Å². The number of hydrogen-bond donors (Lipinski definition) is 3. The van der Waals surface area contributed by atoms with Gasteiger partial charge in [0.1, 0.15) is 17.5 Å². The van der Waals surface area contributed by atoms with Gasteiger partial charge in [-0.3, -0.25) is 15.6 Å². The fourth-order valence-corrected chi connectivity index (χ4v) is 1.73. The molecule has 0 saturated heterocycles. The predicted molar refractivity (Wildman–Crippen MR) is 79.6 cm³/mol. The van der Waals surface area contributed by atoms with Crippen LogP contribution in [0.1, 0.15) is 10.4 Å². The molecule has 0 heterocycles. The Labute approximate surface area is 129 Å². The van der Waals surface area contributed by atoms with E-state index in [4.69, 9.17) is 12.2 Å². The summed E-state index contributed by atoms with van der Waals surface area (Å²) in [6, 6.07) is 8.33. The van der Waals surface area contributed by atoms with E-state index in [9.17, 15) is 18.0 Å². The first-order valence-electron chi connectivity index (χ1n) is 6.04. The van der Waals surface area contributed by atoms with Crippen LogP contribution in [0.4, 0.5) is 18.9 Å². The zero-order valence-electron chi connectivity index (χ0n) is 11.0. The third kappa shape index (κ3) is 3.95. The number of rotatable bonds is 2. The molecule has 0 fully saturated rings. The molecule has 2 aromatic rings. The first-order valence-corrected chi connectivity index (χ1v) is 6.45. The molecule has 0 saturated carbocycles. The average molecular weight is 325 g/mol. The first-order chi connectivity index (χ1) is 10.5. The van der Waals surface area contributed by atoms with E-state index in [2.05, 4.69) is 16.2 Å². The minimum absolute atomic E-state index is 0.0963. The van der Waals surface area contributed by atoms with E-state index in [1.54, 1.807) is 6.07 Å². The number of halogens is 3. The highest BCUT2D eigenvalue weighted by Crippen LogP contribution is 2.12. The second-order valence-electron chi connectivity index (χ2n) is 4.14. The van der Waals surface area contributed by atoms with Crippen molar-refractivity contribution in [3.8, 4) is 0 Å². The van der Waals surface area contributed by atoms with E-state index in [1.165, 1.54) is 18.2 Å². The molecular formula is C14H10F3N3OS. The van der Waals surface area contributed by atoms with Gasteiger partial charge in [-0.05, 0) is 36.5 Å². The second-order valence-corrected chi connectivity index (χ2v) is 4.55. The van der Waals surface area contributed by atoms with Crippen molar-refractivity contribution >= 4 is 28.9 Å². The van der Waals surface area contributed by atoms with Gasteiger partial charge in [0.2, 0.25) is 0 Å². The van der Waals surface area contributed by atoms with Crippen molar-refractivity contribution in [3.63, 3.8) is 0 Å². The first kappa shape index (κ1) is 15.8. The van der Waals surface area contributed by atoms with Gasteiger partial charge in [0.25, 0.3) is 5.91 Å². The van der Waals surface area contributed by atoms with Crippen LogP contribution in [-0.2, 0) is 0 Å². The Bertz CT molecular complexity index is 724. The quantitative estimate of drug-likeness (QED) is 0.587. The lowest BCUT2D eigenvalue weighted by Crippen LogP contribution is -2.44. The molecule has 3 N–H and O–H groups in total. The van der Waals surface area contributed by atoms with E-state index in [0.29, 0.717) is 6.07 Å². The summed E-state index contributed by atoms with van der Waals surface area (Å²) in [5, 5.41) is 2.42. The average Bonchev–Trinajstić information content (AvgIpc) is 2.47. The number of hydrazine groups is 1. The van der Waals surface area contributed by atoms with Gasteiger partial charge in [0, 0.05) is 6.07 Å². The lowest BCUT2D eigenvalue weighted by Gasteiger charge is -2.12. The zero-order chi connectivity index (χ0) is 16.1. The van der Waals surface area contributed by atoms with Crippen molar-refractivity contribution in [1.82, 2.24) is 10.9 Å². The molecule has 0 bridgehead atoms. The Hall–Kier alpha value is -2.61. The van der Waals surface area contributed by atoms with E-state index in [1.807, 2.05) is 0 Å². The molecule has 8 heteroatoms. The molecule has 0 aliphatic rings. The highest BCUT2D eigenvalue weighted by atomic mass is 32.1. The Morgan fingerprint density at radius 3 is 2.36 bits per heavy atom. The molecule has 0 atom stereocenters. The number of anilines is 1. The third-order valence-corrected chi connectivity index (χ3v) is 2.79. The summed E-state index contributed by atoms with van der Waals surface area (Å²) in [6.45, 7) is 0. The highest BCUT2D eigenvalue weighted by molar-refractivity contribution is 7.80. The lowest BCUT2D eigenvalue weighted by molar-refractivity contribution is 0.0940. The van der Waals surface area contributed by atoms with Crippen LogP contribution in [0.15, 0.2) is 42.5 Å². The normalized spacial score (nSPS) is 9.95. The van der Waals surface area contributed by atoms with Crippen LogP contribution in [0, 0.1) is 17.5 Å². The van der Waals surface area contributed by atoms with Crippen molar-refractivity contribution < 1.29 is 18.0 Å². The fourth-order valence-electron chi connectivity index (χ4n) is 1.57. The van der Waals surface area contributed by atoms with Crippen LogP contribution < -0.4 is 16.2 Å². The molecule has 1 amide bonds. The molecule has 2 aromatic carbocycles. The molecule has 0 radical (unpaired) electrons. The van der Waals surface area contributed by atoms with Crippen LogP contribution in [-0.4, -0.2) is 11.0 Å². The number of thiocarbonyl (C=S) groups is 1. The lowest BCUT2D eigenvalue weighted by atomic mass is 10.2. The smallest absolute Gasteiger partial charge is 0.272 e. The fraction of sp³-hybridized carbons (Fsp3) is 0. The van der Waals surface area contributed by atoms with Crippen LogP contribution in [0.25, 0.3) is 0 Å². The van der Waals surface area contributed by atoms with Gasteiger partial charge in [0.15, 0.2) is 5.11 Å². The maximum Gasteiger partial charge on any atom is 0.272 e. The highest BCUT2D eigenvalue weighted by Gasteiger charge is 2.12. The van der Waals surface area contributed by atoms with E-state index in [0.717, 1.165) is 12.1 Å². The minimum atomic E-state index is -1.01. The summed E-state index contributed by atoms with van der Waals surface area (Å²) in [5.74, 6) is -3.18. The summed E-state index contributed by atoms with van der Waals surface area (Å²) >= 11 is 4.86. The molecular weight excluding hydrogens is 315 g/mol. The molecule has 0 spiro atoms. The Morgan fingerprint density at radius 2 is 1.68 bits per heavy atom. The van der Waals surface area contributed by atoms with Gasteiger partial charge in [-0.1, -0.05) is 12.1 Å². The van der Waals surface area contributed by atoms with Gasteiger partial charge < -0.3 is 5.32 Å². The maximum absolute atomic E-state index is 13.4. The van der Waals surface area contributed by atoms with E-state index in [-0.39, 0.29) is 16.4 Å². The van der Waals surface area contributed by atoms with Gasteiger partial charge in [0.05, 0.1) is 11.3 Å². The third-order valence-electron chi connectivity index (χ3n) is 2.59. The molecule has 2 rings (SSSR count). The largest absolute Gasteiger partial charge is 0.329 e. The SMILES string of the molecule is O=C(NNC(=S)Nc1ccccc1F)c1ccc(F)cc1F. The molecule has 4 nitrogen and oxygen atoms in total. The van der Waals surface area contributed by atoms with Crippen molar-refractivity contribution in [2.45, 2.75) is 0 Å². The van der Waals surface area contributed by atoms with E-state index < -0.39 is 23.4 Å². The molecule has 22 heavy (non-hydrogen) atoms. The number of nitrogens with one attached hydrogen (secondary N) is 3. The van der Waals surface area contributed by atoms with Gasteiger partial charge in [-0.15, -0.1) is 0 Å². The van der Waals surface area contributed by atoms with E-state index >= 15 is 0 Å². The molecule has 114 valence electrons. The van der Waals surface area contributed by atoms with Crippen molar-refractivity contribution in [2.75, 3.05) is 5.32 Å². The van der Waals surface area contributed by atoms with Crippen molar-refractivity contribution in [2.24, 2.45) is 0 Å². The molecule has 0 aliphatic carbocycles. The summed E-state index contributed by atoms with van der Waals surface area (Å²) in [6.07, 6.45) is 0. The van der Waals surface area contributed by atoms with Crippen LogP contribution in [0.2, 0.25) is 0 Å². The van der Waals surface area contributed by atoms with Crippen molar-refractivity contribution in [3.05, 3.63) is 65.5 Å². The van der Waals surface area contributed by atoms with Crippen LogP contribution in [0.5, 0.6) is 0 Å². The van der Waals surface area contributed by atoms with Crippen LogP contribution >= 0.6 is 12.2 Å². The van der Waals surface area contributed by atoms with Crippen molar-refractivity contribution in [1.29, 1.82) is 0 Å². The zero-order valence-corrected chi connectivity index (χ0v) is 11.8. The van der Waals surface area contributed by atoms with Gasteiger partial charge >= 0.3 is 0 Å². The monoisotopic (exact) mass is 325 g/mol. The number of carbonyl (C=O) groups is 1. The number of para-hydroxylation sites is 1. The summed E-state index contributed by atoms with van der Waals surface area (Å²) in [4.78, 5) is 11.7. The predicted octanol–water partition coefficient (Wildman–Crippen LogP) is 2.74. The topological polar surface area (TPSA) is 53.2 Å². The summed E-state index contributed by atoms with van der Waals surface area (Å²) < 4.78 is 39.5. The molecule has 0 aliphatic heterocycles. The maximum atomic E-state index is 13.4. The standard InChI is InChI=1S/C14H10F3N3OS/c15-8-5-6-9(11(17)7-8)13(21)19-20-14(22)18-12-4-2-1-3-10(12)16/h1-7H,(H,19,21)(H2,18,20,22). The Kier molecular flexibility index (Phi) is 4.95.